The molecule has 0 radical (unpaired) electrons. The second-order valence-corrected chi connectivity index (χ2v) is 5.31. The quantitative estimate of drug-likeness (QED) is 0.595. The predicted octanol–water partition coefficient (Wildman–Crippen LogP) is 1.59. The number of aromatic amines is 1. The van der Waals surface area contributed by atoms with Gasteiger partial charge in [0.15, 0.2) is 5.65 Å². The van der Waals surface area contributed by atoms with Gasteiger partial charge in [-0.15, -0.1) is 0 Å². The van der Waals surface area contributed by atoms with Gasteiger partial charge in [-0.05, 0) is 31.2 Å². The van der Waals surface area contributed by atoms with E-state index in [1.807, 2.05) is 31.2 Å². The van der Waals surface area contributed by atoms with Crippen molar-refractivity contribution in [2.24, 2.45) is 5.73 Å². The van der Waals surface area contributed by atoms with Gasteiger partial charge in [-0.2, -0.15) is 10.2 Å². The number of nitrogens with zero attached hydrogens (tertiary/aromatic N) is 5. The monoisotopic (exact) mass is 319 g/mol. The number of rotatable bonds is 3. The third-order valence-corrected chi connectivity index (χ3v) is 3.66. The van der Waals surface area contributed by atoms with E-state index in [4.69, 9.17) is 5.73 Å². The van der Waals surface area contributed by atoms with Crippen molar-refractivity contribution in [1.29, 1.82) is 0 Å². The molecule has 8 nitrogen and oxygen atoms in total. The minimum atomic E-state index is -0.583. The van der Waals surface area contributed by atoms with E-state index >= 15 is 0 Å². The number of hydrogen-bond donors (Lipinski definition) is 2. The summed E-state index contributed by atoms with van der Waals surface area (Å²) in [5.74, 6) is -0.583. The van der Waals surface area contributed by atoms with Gasteiger partial charge < -0.3 is 5.73 Å². The van der Waals surface area contributed by atoms with Crippen molar-refractivity contribution in [3.8, 4) is 22.6 Å². The highest BCUT2D eigenvalue weighted by Gasteiger charge is 2.16. The SMILES string of the molecule is Cc1cccc(-c2n[nH]cc2-c2ccc3ncc(C(N)=O)n3n2)n1. The summed E-state index contributed by atoms with van der Waals surface area (Å²) in [5, 5.41) is 11.6. The zero-order chi connectivity index (χ0) is 16.7. The fraction of sp³-hybridized carbons (Fsp3) is 0.0625. The zero-order valence-corrected chi connectivity index (χ0v) is 12.8. The highest BCUT2D eigenvalue weighted by Crippen LogP contribution is 2.27. The molecule has 0 atom stereocenters. The minimum absolute atomic E-state index is 0.227. The number of amides is 1. The van der Waals surface area contributed by atoms with Crippen LogP contribution in [0.5, 0.6) is 0 Å². The van der Waals surface area contributed by atoms with Crippen LogP contribution in [0.2, 0.25) is 0 Å². The number of pyridine rings is 1. The Hall–Kier alpha value is -3.55. The first-order valence-corrected chi connectivity index (χ1v) is 7.26. The Kier molecular flexibility index (Phi) is 3.09. The minimum Gasteiger partial charge on any atom is -0.364 e. The van der Waals surface area contributed by atoms with Gasteiger partial charge in [-0.25, -0.2) is 9.50 Å². The molecule has 0 saturated carbocycles. The Morgan fingerprint density at radius 3 is 2.88 bits per heavy atom. The molecule has 0 spiro atoms. The van der Waals surface area contributed by atoms with Gasteiger partial charge in [0, 0.05) is 17.5 Å². The molecular weight excluding hydrogens is 306 g/mol. The smallest absolute Gasteiger partial charge is 0.269 e. The Labute approximate surface area is 136 Å². The van der Waals surface area contributed by atoms with E-state index in [9.17, 15) is 4.79 Å². The highest BCUT2D eigenvalue weighted by atomic mass is 16.1. The molecule has 1 amide bonds. The van der Waals surface area contributed by atoms with Crippen LogP contribution in [0.25, 0.3) is 28.3 Å². The van der Waals surface area contributed by atoms with Gasteiger partial charge in [0.25, 0.3) is 5.91 Å². The summed E-state index contributed by atoms with van der Waals surface area (Å²) in [6.45, 7) is 1.92. The van der Waals surface area contributed by atoms with Crippen molar-refractivity contribution in [3.05, 3.63) is 54.1 Å². The summed E-state index contributed by atoms with van der Waals surface area (Å²) in [4.78, 5) is 20.1. The summed E-state index contributed by atoms with van der Waals surface area (Å²) in [6.07, 6.45) is 3.15. The number of H-pyrrole nitrogens is 1. The van der Waals surface area contributed by atoms with Crippen LogP contribution in [0, 0.1) is 6.92 Å². The molecule has 3 N–H and O–H groups in total. The van der Waals surface area contributed by atoms with Crippen LogP contribution >= 0.6 is 0 Å². The summed E-state index contributed by atoms with van der Waals surface area (Å²) in [7, 11) is 0. The molecule has 0 aliphatic rings. The fourth-order valence-electron chi connectivity index (χ4n) is 2.54. The largest absolute Gasteiger partial charge is 0.364 e. The number of aryl methyl sites for hydroxylation is 1. The molecule has 0 aromatic carbocycles. The maximum absolute atomic E-state index is 11.5. The molecule has 0 aliphatic heterocycles. The van der Waals surface area contributed by atoms with Crippen LogP contribution in [-0.2, 0) is 0 Å². The van der Waals surface area contributed by atoms with Gasteiger partial charge in [0.2, 0.25) is 0 Å². The van der Waals surface area contributed by atoms with Crippen molar-refractivity contribution in [1.82, 2.24) is 29.8 Å². The van der Waals surface area contributed by atoms with E-state index in [2.05, 4.69) is 25.3 Å². The van der Waals surface area contributed by atoms with Gasteiger partial charge in [0.1, 0.15) is 11.4 Å². The van der Waals surface area contributed by atoms with Crippen molar-refractivity contribution >= 4 is 11.6 Å². The maximum Gasteiger partial charge on any atom is 0.269 e. The van der Waals surface area contributed by atoms with E-state index in [0.717, 1.165) is 17.0 Å². The van der Waals surface area contributed by atoms with Crippen molar-refractivity contribution in [2.75, 3.05) is 0 Å². The Morgan fingerprint density at radius 2 is 2.08 bits per heavy atom. The second-order valence-electron chi connectivity index (χ2n) is 5.31. The van der Waals surface area contributed by atoms with E-state index in [1.54, 1.807) is 12.3 Å². The van der Waals surface area contributed by atoms with Crippen LogP contribution in [-0.4, -0.2) is 35.7 Å². The van der Waals surface area contributed by atoms with Crippen LogP contribution in [0.4, 0.5) is 0 Å². The van der Waals surface area contributed by atoms with Gasteiger partial charge in [-0.3, -0.25) is 14.9 Å². The molecule has 4 aromatic heterocycles. The third-order valence-electron chi connectivity index (χ3n) is 3.66. The maximum atomic E-state index is 11.5. The van der Waals surface area contributed by atoms with Crippen LogP contribution in [0.15, 0.2) is 42.7 Å². The normalized spacial score (nSPS) is 11.0. The third kappa shape index (κ3) is 2.21. The summed E-state index contributed by atoms with van der Waals surface area (Å²) in [6, 6.07) is 9.32. The number of aromatic nitrogens is 6. The molecule has 4 heterocycles. The molecule has 8 heteroatoms. The summed E-state index contributed by atoms with van der Waals surface area (Å²) < 4.78 is 1.43. The van der Waals surface area contributed by atoms with Crippen molar-refractivity contribution < 1.29 is 4.79 Å². The molecule has 0 aliphatic carbocycles. The molecule has 0 saturated heterocycles. The average molecular weight is 319 g/mol. The lowest BCUT2D eigenvalue weighted by atomic mass is 10.1. The first-order chi connectivity index (χ1) is 11.6. The highest BCUT2D eigenvalue weighted by molar-refractivity contribution is 5.91. The second kappa shape index (κ2) is 5.27. The lowest BCUT2D eigenvalue weighted by Crippen LogP contribution is -2.14. The standard InChI is InChI=1S/C16H13N7O/c1-9-3-2-4-12(20-9)15-10(7-19-21-15)11-5-6-14-18-8-13(16(17)24)23(14)22-11/h2-8H,1H3,(H2,17,24)(H,19,21). The fourth-order valence-corrected chi connectivity index (χ4v) is 2.54. The molecule has 118 valence electrons. The summed E-state index contributed by atoms with van der Waals surface area (Å²) >= 11 is 0. The zero-order valence-electron chi connectivity index (χ0n) is 12.8. The number of nitrogens with two attached hydrogens (primary N) is 1. The van der Waals surface area contributed by atoms with Gasteiger partial charge in [-0.1, -0.05) is 6.07 Å². The Morgan fingerprint density at radius 1 is 1.21 bits per heavy atom. The van der Waals surface area contributed by atoms with Crippen LogP contribution < -0.4 is 5.73 Å². The Bertz CT molecular complexity index is 1060. The topological polar surface area (TPSA) is 115 Å². The van der Waals surface area contributed by atoms with E-state index < -0.39 is 5.91 Å². The first-order valence-electron chi connectivity index (χ1n) is 7.26. The van der Waals surface area contributed by atoms with Crippen LogP contribution in [0.3, 0.4) is 0 Å². The molecule has 24 heavy (non-hydrogen) atoms. The lowest BCUT2D eigenvalue weighted by Gasteiger charge is -2.04. The molecule has 4 rings (SSSR count). The van der Waals surface area contributed by atoms with Crippen LogP contribution in [0.1, 0.15) is 16.2 Å². The molecule has 0 unspecified atom stereocenters. The molecular formula is C16H13N7O. The Balaban J connectivity index is 1.88. The number of primary amides is 1. The van der Waals surface area contributed by atoms with Crippen molar-refractivity contribution in [3.63, 3.8) is 0 Å². The van der Waals surface area contributed by atoms with Gasteiger partial charge in [0.05, 0.1) is 17.6 Å². The molecule has 4 aromatic rings. The molecule has 0 bridgehead atoms. The van der Waals surface area contributed by atoms with Crippen molar-refractivity contribution in [2.45, 2.75) is 6.92 Å². The summed E-state index contributed by atoms with van der Waals surface area (Å²) in [5.41, 5.74) is 9.88. The van der Waals surface area contributed by atoms with E-state index in [1.165, 1.54) is 10.7 Å². The average Bonchev–Trinajstić information content (AvgIpc) is 3.21. The lowest BCUT2D eigenvalue weighted by molar-refractivity contribution is 0.0993. The number of carbonyl (C=O) groups is 1. The first kappa shape index (κ1) is 14.1. The molecule has 0 fully saturated rings. The van der Waals surface area contributed by atoms with E-state index in [-0.39, 0.29) is 5.69 Å². The van der Waals surface area contributed by atoms with Gasteiger partial charge >= 0.3 is 0 Å². The number of hydrogen-bond acceptors (Lipinski definition) is 5. The number of nitrogens with one attached hydrogen (secondary N) is 1. The predicted molar refractivity (Wildman–Crippen MR) is 87.1 cm³/mol. The van der Waals surface area contributed by atoms with E-state index in [0.29, 0.717) is 17.0 Å². The number of carbonyl (C=O) groups excluding carboxylic acids is 1. The number of imidazole rings is 1. The number of fused-ring (bicyclic) bond motifs is 1.